The molecule has 3 saturated heterocycles. The maximum Gasteiger partial charge on any atom is 0.197 e. The first-order valence-electron chi connectivity index (χ1n) is 14.2. The van der Waals surface area contributed by atoms with Gasteiger partial charge in [-0.05, 0) is 47.1 Å². The van der Waals surface area contributed by atoms with Crippen molar-refractivity contribution in [1.82, 2.24) is 0 Å². The molecule has 0 aromatic heterocycles. The van der Waals surface area contributed by atoms with Crippen molar-refractivity contribution in [2.75, 3.05) is 94.9 Å². The number of rotatable bonds is 0. The molecule has 6 aliphatic rings. The first-order valence-corrected chi connectivity index (χ1v) is 15.2. The van der Waals surface area contributed by atoms with E-state index < -0.39 is 0 Å². The van der Waals surface area contributed by atoms with Gasteiger partial charge in [-0.3, -0.25) is 17.9 Å². The van der Waals surface area contributed by atoms with E-state index in [2.05, 4.69) is 97.9 Å². The highest BCUT2D eigenvalue weighted by Crippen LogP contribution is 2.48. The molecule has 6 rings (SSSR count). The summed E-state index contributed by atoms with van der Waals surface area (Å²) >= 11 is 2.03. The molecule has 40 heavy (non-hydrogen) atoms. The van der Waals surface area contributed by atoms with Crippen LogP contribution in [-0.2, 0) is 4.74 Å². The second-order valence-corrected chi connectivity index (χ2v) is 15.2. The Hall–Kier alpha value is -0.110. The van der Waals surface area contributed by atoms with E-state index in [1.165, 1.54) is 64.5 Å². The number of nitrogens with zero attached hydrogens (tertiary/aromatic N) is 4. The fraction of sp³-hybridized carbons (Fsp3) is 0.625. The van der Waals surface area contributed by atoms with Gasteiger partial charge in [-0.15, -0.1) is 11.8 Å². The largest absolute Gasteiger partial charge is 1.00 e. The number of hydrogen-bond acceptors (Lipinski definition) is 2. The van der Waals surface area contributed by atoms with Gasteiger partial charge in [0.25, 0.3) is 0 Å². The van der Waals surface area contributed by atoms with Gasteiger partial charge in [0, 0.05) is 33.6 Å². The highest BCUT2D eigenvalue weighted by molar-refractivity contribution is 8.03. The van der Waals surface area contributed by atoms with Crippen LogP contribution in [0.3, 0.4) is 0 Å². The molecule has 0 atom stereocenters. The molecule has 0 unspecified atom stereocenters. The molecule has 3 aliphatic carbocycles. The van der Waals surface area contributed by atoms with Crippen LogP contribution in [0.15, 0.2) is 66.9 Å². The Morgan fingerprint density at radius 2 is 0.875 bits per heavy atom. The fourth-order valence-electron chi connectivity index (χ4n) is 6.91. The number of fused-ring (bicyclic) bond motifs is 3. The van der Waals surface area contributed by atoms with E-state index in [9.17, 15) is 0 Å². The summed E-state index contributed by atoms with van der Waals surface area (Å²) < 4.78 is 9.81. The third-order valence-electron chi connectivity index (χ3n) is 9.88. The van der Waals surface area contributed by atoms with E-state index >= 15 is 0 Å². The third kappa shape index (κ3) is 5.98. The van der Waals surface area contributed by atoms with E-state index in [-0.39, 0.29) is 48.0 Å². The quantitative estimate of drug-likeness (QED) is 0.248. The van der Waals surface area contributed by atoms with Crippen LogP contribution in [0, 0.1) is 0 Å². The molecule has 3 heterocycles. The summed E-state index contributed by atoms with van der Waals surface area (Å²) in [5, 5.41) is 0. The van der Waals surface area contributed by atoms with Crippen LogP contribution in [-0.4, -0.2) is 113 Å². The minimum Gasteiger partial charge on any atom is -1.00 e. The van der Waals surface area contributed by atoms with E-state index in [0.29, 0.717) is 0 Å². The Balaban J connectivity index is 0.000000206. The molecule has 0 bridgehead atoms. The zero-order valence-corrected chi connectivity index (χ0v) is 32.7. The molecule has 5 nitrogen and oxygen atoms in total. The van der Waals surface area contributed by atoms with Crippen LogP contribution < -0.4 is 48.0 Å². The lowest BCUT2D eigenvalue weighted by Gasteiger charge is -2.49. The minimum absolute atomic E-state index is 0. The number of allylic oxidation sites excluding steroid dienone is 6. The average Bonchev–Trinajstić information content (AvgIpc) is 2.83. The van der Waals surface area contributed by atoms with Crippen molar-refractivity contribution in [2.45, 2.75) is 41.5 Å². The molecule has 0 spiro atoms. The summed E-state index contributed by atoms with van der Waals surface area (Å²) in [7, 11) is 18.4. The molecule has 3 aliphatic heterocycles. The number of thioether (sulfide) groups is 1. The number of hydrogen-bond donors (Lipinski definition) is 0. The molecule has 3 fully saturated rings. The standard InChI is InChI=1S/C12H22N2.C10H16NO.C10H16NS.2HI/c1-9-10(2)12-11(9)13(3,4)7-8-14(12,5)6;2*1-7-8(2)10-9(7)11(3,4)5-6-12-10;;/h7-8H2,1-6H3;2*5-6H2,1-4H3;2*1H/q+2;2*+1;;/p-2. The van der Waals surface area contributed by atoms with Crippen molar-refractivity contribution in [2.24, 2.45) is 0 Å². The fourth-order valence-corrected chi connectivity index (χ4v) is 8.56. The van der Waals surface area contributed by atoms with Crippen LogP contribution in [0.1, 0.15) is 41.5 Å². The van der Waals surface area contributed by atoms with Crippen molar-refractivity contribution in [3.8, 4) is 0 Å². The third-order valence-corrected chi connectivity index (χ3v) is 11.1. The minimum atomic E-state index is 0. The Kier molecular flexibility index (Phi) is 10.9. The van der Waals surface area contributed by atoms with Gasteiger partial charge >= 0.3 is 0 Å². The molecule has 0 amide bonds. The van der Waals surface area contributed by atoms with Gasteiger partial charge < -0.3 is 52.7 Å². The zero-order chi connectivity index (χ0) is 28.6. The summed E-state index contributed by atoms with van der Waals surface area (Å²) in [4.78, 5) is 1.57. The molecule has 0 N–H and O–H groups in total. The monoisotopic (exact) mass is 796 g/mol. The molecule has 8 heteroatoms. The van der Waals surface area contributed by atoms with Crippen molar-refractivity contribution in [1.29, 1.82) is 0 Å². The topological polar surface area (TPSA) is 9.23 Å². The van der Waals surface area contributed by atoms with Gasteiger partial charge in [0.15, 0.2) is 22.9 Å². The number of halogens is 2. The van der Waals surface area contributed by atoms with E-state index in [0.717, 1.165) is 36.8 Å². The Labute approximate surface area is 283 Å². The Morgan fingerprint density at radius 3 is 1.32 bits per heavy atom. The summed E-state index contributed by atoms with van der Waals surface area (Å²) in [6.07, 6.45) is 0. The predicted molar refractivity (Wildman–Crippen MR) is 163 cm³/mol. The summed E-state index contributed by atoms with van der Waals surface area (Å²) in [6.45, 7) is 19.1. The number of morpholine rings is 1. The number of piperazine rings is 1. The van der Waals surface area contributed by atoms with Crippen LogP contribution in [0.4, 0.5) is 0 Å². The SMILES string of the molecule is CC1=C2C(=C1C)[N+](C)(C)CC[N+]2(C)C.CC1=C2OCC[N+](C)(C)C2=C1C.CC1=C2SCC[N+](C)(C)C2=C1C.[I-].[I-]. The van der Waals surface area contributed by atoms with Crippen LogP contribution in [0.25, 0.3) is 0 Å². The van der Waals surface area contributed by atoms with Gasteiger partial charge in [0.05, 0.1) is 67.8 Å². The van der Waals surface area contributed by atoms with Gasteiger partial charge in [-0.2, -0.15) is 0 Å². The smallest absolute Gasteiger partial charge is 0.197 e. The van der Waals surface area contributed by atoms with Crippen molar-refractivity contribution in [3.63, 3.8) is 0 Å². The summed E-state index contributed by atoms with van der Waals surface area (Å²) in [5.41, 5.74) is 15.0. The van der Waals surface area contributed by atoms with Crippen molar-refractivity contribution in [3.05, 3.63) is 66.9 Å². The van der Waals surface area contributed by atoms with Gasteiger partial charge in [0.2, 0.25) is 0 Å². The van der Waals surface area contributed by atoms with E-state index in [1.54, 1.807) is 22.0 Å². The second-order valence-electron chi connectivity index (χ2n) is 14.1. The normalized spacial score (nSPS) is 26.1. The van der Waals surface area contributed by atoms with Crippen molar-refractivity contribution >= 4 is 11.8 Å². The summed E-state index contributed by atoms with van der Waals surface area (Å²) in [5.74, 6) is 2.43. The van der Waals surface area contributed by atoms with Gasteiger partial charge in [-0.1, -0.05) is 0 Å². The van der Waals surface area contributed by atoms with E-state index in [1.807, 2.05) is 11.8 Å². The zero-order valence-electron chi connectivity index (χ0n) is 27.6. The lowest BCUT2D eigenvalue weighted by atomic mass is 9.86. The molecular weight excluding hydrogens is 742 g/mol. The number of likely N-dealkylation sites (N-methyl/N-ethyl adjacent to an activating group) is 4. The average molecular weight is 797 g/mol. The second kappa shape index (κ2) is 12.1. The first kappa shape index (κ1) is 36.1. The molecule has 0 aromatic rings. The van der Waals surface area contributed by atoms with Crippen LogP contribution in [0.2, 0.25) is 0 Å². The van der Waals surface area contributed by atoms with Gasteiger partial charge in [0.1, 0.15) is 31.9 Å². The molecule has 226 valence electrons. The highest BCUT2D eigenvalue weighted by atomic mass is 127. The lowest BCUT2D eigenvalue weighted by molar-refractivity contribution is -0.951. The first-order chi connectivity index (χ1) is 17.3. The molecular formula is C32H54I2N4OS+2. The maximum absolute atomic E-state index is 5.60. The Bertz CT molecular complexity index is 1180. The highest BCUT2D eigenvalue weighted by Gasteiger charge is 2.50. The summed E-state index contributed by atoms with van der Waals surface area (Å²) in [6, 6.07) is 0. The number of quaternary nitrogens is 4. The predicted octanol–water partition coefficient (Wildman–Crippen LogP) is -0.252. The van der Waals surface area contributed by atoms with Crippen molar-refractivity contribution < 1.29 is 70.6 Å². The maximum atomic E-state index is 5.60. The van der Waals surface area contributed by atoms with Crippen LogP contribution in [0.5, 0.6) is 0 Å². The Morgan fingerprint density at radius 1 is 0.475 bits per heavy atom. The van der Waals surface area contributed by atoms with Gasteiger partial charge in [-0.25, -0.2) is 0 Å². The molecule has 0 saturated carbocycles. The molecule has 0 radical (unpaired) electrons. The number of ether oxygens (including phenoxy) is 1. The lowest BCUT2D eigenvalue weighted by Crippen LogP contribution is -3.00. The molecule has 0 aromatic carbocycles. The van der Waals surface area contributed by atoms with E-state index in [4.69, 9.17) is 4.74 Å². The van der Waals surface area contributed by atoms with Crippen LogP contribution >= 0.6 is 11.8 Å².